The van der Waals surface area contributed by atoms with Crippen molar-refractivity contribution in [2.45, 2.75) is 19.9 Å². The Balaban J connectivity index is 2.17. The molecule has 0 radical (unpaired) electrons. The Morgan fingerprint density at radius 3 is 2.89 bits per heavy atom. The molecule has 1 N–H and O–H groups in total. The maximum atomic E-state index is 12.1. The standard InChI is InChI=1S/C13H14BrN3O/c1-2-9-17-12(7-8-15-17)13(18)16-11-6-4-3-5-10(11)14/h3-8H,2,9H2,1H3,(H,16,18). The third kappa shape index (κ3) is 2.79. The highest BCUT2D eigenvalue weighted by Crippen LogP contribution is 2.21. The lowest BCUT2D eigenvalue weighted by Crippen LogP contribution is -2.18. The Kier molecular flexibility index (Phi) is 4.15. The van der Waals surface area contributed by atoms with Gasteiger partial charge in [0.1, 0.15) is 5.69 Å². The first-order chi connectivity index (χ1) is 8.72. The van der Waals surface area contributed by atoms with Crippen LogP contribution in [0.3, 0.4) is 0 Å². The first-order valence-corrected chi connectivity index (χ1v) is 6.59. The van der Waals surface area contributed by atoms with Crippen LogP contribution in [0.15, 0.2) is 41.0 Å². The number of benzene rings is 1. The molecule has 2 rings (SSSR count). The van der Waals surface area contributed by atoms with E-state index in [2.05, 4.69) is 33.3 Å². The highest BCUT2D eigenvalue weighted by molar-refractivity contribution is 9.10. The van der Waals surface area contributed by atoms with E-state index < -0.39 is 0 Å². The molecular weight excluding hydrogens is 294 g/mol. The molecule has 0 bridgehead atoms. The first kappa shape index (κ1) is 12.8. The second-order valence-electron chi connectivity index (χ2n) is 3.87. The molecule has 1 heterocycles. The zero-order chi connectivity index (χ0) is 13.0. The van der Waals surface area contributed by atoms with Gasteiger partial charge in [-0.2, -0.15) is 5.10 Å². The van der Waals surface area contributed by atoms with Gasteiger partial charge in [-0.05, 0) is 40.5 Å². The Hall–Kier alpha value is -1.62. The first-order valence-electron chi connectivity index (χ1n) is 5.80. The van der Waals surface area contributed by atoms with E-state index in [1.165, 1.54) is 0 Å². The molecule has 0 atom stereocenters. The fourth-order valence-electron chi connectivity index (χ4n) is 1.66. The van der Waals surface area contributed by atoms with Crippen LogP contribution >= 0.6 is 15.9 Å². The molecule has 0 aliphatic carbocycles. The summed E-state index contributed by atoms with van der Waals surface area (Å²) in [5.74, 6) is -0.146. The highest BCUT2D eigenvalue weighted by atomic mass is 79.9. The van der Waals surface area contributed by atoms with E-state index in [4.69, 9.17) is 0 Å². The summed E-state index contributed by atoms with van der Waals surface area (Å²) in [6.07, 6.45) is 2.58. The third-order valence-electron chi connectivity index (χ3n) is 2.51. The van der Waals surface area contributed by atoms with E-state index in [1.54, 1.807) is 16.9 Å². The summed E-state index contributed by atoms with van der Waals surface area (Å²) in [7, 11) is 0. The zero-order valence-electron chi connectivity index (χ0n) is 10.1. The Morgan fingerprint density at radius 1 is 1.39 bits per heavy atom. The van der Waals surface area contributed by atoms with Crippen molar-refractivity contribution >= 4 is 27.5 Å². The van der Waals surface area contributed by atoms with Gasteiger partial charge in [-0.3, -0.25) is 9.48 Å². The zero-order valence-corrected chi connectivity index (χ0v) is 11.6. The Morgan fingerprint density at radius 2 is 2.17 bits per heavy atom. The van der Waals surface area contributed by atoms with Crippen molar-refractivity contribution in [3.8, 4) is 0 Å². The van der Waals surface area contributed by atoms with Gasteiger partial charge in [-0.1, -0.05) is 19.1 Å². The largest absolute Gasteiger partial charge is 0.320 e. The highest BCUT2D eigenvalue weighted by Gasteiger charge is 2.12. The number of halogens is 1. The maximum absolute atomic E-state index is 12.1. The van der Waals surface area contributed by atoms with Crippen molar-refractivity contribution < 1.29 is 4.79 Å². The van der Waals surface area contributed by atoms with Crippen LogP contribution in [0, 0.1) is 0 Å². The van der Waals surface area contributed by atoms with E-state index in [0.717, 1.165) is 23.1 Å². The van der Waals surface area contributed by atoms with Crippen LogP contribution in [-0.2, 0) is 6.54 Å². The second kappa shape index (κ2) is 5.82. The van der Waals surface area contributed by atoms with Crippen molar-refractivity contribution in [3.05, 3.63) is 46.7 Å². The molecule has 0 unspecified atom stereocenters. The lowest BCUT2D eigenvalue weighted by Gasteiger charge is -2.08. The van der Waals surface area contributed by atoms with Gasteiger partial charge in [-0.25, -0.2) is 0 Å². The topological polar surface area (TPSA) is 46.9 Å². The molecule has 1 amide bonds. The molecule has 0 saturated heterocycles. The van der Waals surface area contributed by atoms with Gasteiger partial charge in [0.15, 0.2) is 0 Å². The Labute approximate surface area is 114 Å². The fraction of sp³-hybridized carbons (Fsp3) is 0.231. The molecule has 1 aromatic heterocycles. The van der Waals surface area contributed by atoms with Crippen molar-refractivity contribution in [1.29, 1.82) is 0 Å². The number of aryl methyl sites for hydroxylation is 1. The quantitative estimate of drug-likeness (QED) is 0.942. The molecule has 2 aromatic rings. The maximum Gasteiger partial charge on any atom is 0.273 e. The van der Waals surface area contributed by atoms with E-state index in [1.807, 2.05) is 24.3 Å². The van der Waals surface area contributed by atoms with E-state index >= 15 is 0 Å². The van der Waals surface area contributed by atoms with Crippen molar-refractivity contribution in [1.82, 2.24) is 9.78 Å². The van der Waals surface area contributed by atoms with Crippen LogP contribution in [0.5, 0.6) is 0 Å². The molecule has 0 fully saturated rings. The smallest absolute Gasteiger partial charge is 0.273 e. The second-order valence-corrected chi connectivity index (χ2v) is 4.73. The lowest BCUT2D eigenvalue weighted by molar-refractivity contribution is 0.101. The molecule has 0 aliphatic heterocycles. The minimum absolute atomic E-state index is 0.146. The minimum atomic E-state index is -0.146. The molecule has 1 aromatic carbocycles. The van der Waals surface area contributed by atoms with Crippen molar-refractivity contribution in [3.63, 3.8) is 0 Å². The summed E-state index contributed by atoms with van der Waals surface area (Å²) < 4.78 is 2.58. The molecule has 5 heteroatoms. The number of carbonyl (C=O) groups excluding carboxylic acids is 1. The summed E-state index contributed by atoms with van der Waals surface area (Å²) in [5.41, 5.74) is 1.33. The van der Waals surface area contributed by atoms with Gasteiger partial charge in [0.2, 0.25) is 0 Å². The van der Waals surface area contributed by atoms with Crippen molar-refractivity contribution in [2.75, 3.05) is 5.32 Å². The van der Waals surface area contributed by atoms with E-state index in [-0.39, 0.29) is 5.91 Å². The van der Waals surface area contributed by atoms with Gasteiger partial charge < -0.3 is 5.32 Å². The van der Waals surface area contributed by atoms with Crippen LogP contribution in [0.1, 0.15) is 23.8 Å². The van der Waals surface area contributed by atoms with Crippen LogP contribution in [0.25, 0.3) is 0 Å². The van der Waals surface area contributed by atoms with Crippen LogP contribution in [0.4, 0.5) is 5.69 Å². The molecule has 0 saturated carbocycles. The molecule has 0 aliphatic rings. The number of aromatic nitrogens is 2. The summed E-state index contributed by atoms with van der Waals surface area (Å²) in [6, 6.07) is 9.24. The third-order valence-corrected chi connectivity index (χ3v) is 3.20. The average Bonchev–Trinajstić information content (AvgIpc) is 2.81. The summed E-state index contributed by atoms with van der Waals surface area (Å²) >= 11 is 3.40. The number of hydrogen-bond donors (Lipinski definition) is 1. The van der Waals surface area contributed by atoms with Gasteiger partial charge in [0.25, 0.3) is 5.91 Å². The number of nitrogens with one attached hydrogen (secondary N) is 1. The molecule has 0 spiro atoms. The Bertz CT molecular complexity index is 551. The lowest BCUT2D eigenvalue weighted by atomic mass is 10.3. The van der Waals surface area contributed by atoms with Gasteiger partial charge in [0, 0.05) is 17.2 Å². The molecule has 94 valence electrons. The van der Waals surface area contributed by atoms with Crippen molar-refractivity contribution in [2.24, 2.45) is 0 Å². The molecule has 4 nitrogen and oxygen atoms in total. The number of hydrogen-bond acceptors (Lipinski definition) is 2. The monoisotopic (exact) mass is 307 g/mol. The van der Waals surface area contributed by atoms with E-state index in [0.29, 0.717) is 5.69 Å². The van der Waals surface area contributed by atoms with Gasteiger partial charge >= 0.3 is 0 Å². The average molecular weight is 308 g/mol. The molecule has 18 heavy (non-hydrogen) atoms. The van der Waals surface area contributed by atoms with E-state index in [9.17, 15) is 4.79 Å². The number of anilines is 1. The number of carbonyl (C=O) groups is 1. The minimum Gasteiger partial charge on any atom is -0.320 e. The number of para-hydroxylation sites is 1. The van der Waals surface area contributed by atoms with Crippen LogP contribution < -0.4 is 5.32 Å². The number of nitrogens with zero attached hydrogens (tertiary/aromatic N) is 2. The number of rotatable bonds is 4. The van der Waals surface area contributed by atoms with Gasteiger partial charge in [-0.15, -0.1) is 0 Å². The summed E-state index contributed by atoms with van der Waals surface area (Å²) in [5, 5.41) is 7.00. The predicted octanol–water partition coefficient (Wildman–Crippen LogP) is 3.31. The molecular formula is C13H14BrN3O. The summed E-state index contributed by atoms with van der Waals surface area (Å²) in [4.78, 5) is 12.1. The SMILES string of the molecule is CCCn1nccc1C(=O)Nc1ccccc1Br. The fourth-order valence-corrected chi connectivity index (χ4v) is 2.05. The summed E-state index contributed by atoms with van der Waals surface area (Å²) in [6.45, 7) is 2.79. The predicted molar refractivity (Wildman–Crippen MR) is 74.6 cm³/mol. The number of amides is 1. The van der Waals surface area contributed by atoms with Gasteiger partial charge in [0.05, 0.1) is 5.69 Å². The van der Waals surface area contributed by atoms with Crippen LogP contribution in [-0.4, -0.2) is 15.7 Å². The van der Waals surface area contributed by atoms with Crippen LogP contribution in [0.2, 0.25) is 0 Å². The normalized spacial score (nSPS) is 10.3.